The third-order valence-corrected chi connectivity index (χ3v) is 6.88. The number of carboxylic acid groups (broad SMARTS) is 1. The van der Waals surface area contributed by atoms with Crippen LogP contribution >= 0.6 is 0 Å². The van der Waals surface area contributed by atoms with E-state index < -0.39 is 27.3 Å². The molecule has 0 bridgehead atoms. The Kier molecular flexibility index (Phi) is 5.18. The van der Waals surface area contributed by atoms with Crippen molar-refractivity contribution in [2.45, 2.75) is 30.1 Å². The Hall–Kier alpha value is -3.39. The van der Waals surface area contributed by atoms with Gasteiger partial charge in [-0.05, 0) is 49.4 Å². The molecule has 3 aromatic rings. The molecule has 0 saturated heterocycles. The highest BCUT2D eigenvalue weighted by Gasteiger charge is 2.54. The first-order valence-corrected chi connectivity index (χ1v) is 11.3. The number of rotatable bonds is 7. The average molecular weight is 439 g/mol. The summed E-state index contributed by atoms with van der Waals surface area (Å²) in [6.45, 7) is 2.10. The zero-order valence-corrected chi connectivity index (χ0v) is 17.6. The first-order valence-electron chi connectivity index (χ1n) is 9.84. The van der Waals surface area contributed by atoms with Crippen LogP contribution in [0.3, 0.4) is 0 Å². The molecule has 2 N–H and O–H groups in total. The van der Waals surface area contributed by atoms with Crippen molar-refractivity contribution in [3.63, 3.8) is 0 Å². The fourth-order valence-electron chi connectivity index (χ4n) is 3.77. The highest BCUT2D eigenvalue weighted by atomic mass is 32.2. The molecule has 3 aromatic carbocycles. The highest BCUT2D eigenvalue weighted by molar-refractivity contribution is 7.90. The lowest BCUT2D eigenvalue weighted by Gasteiger charge is -2.20. The van der Waals surface area contributed by atoms with Gasteiger partial charge in [-0.25, -0.2) is 17.9 Å². The molecule has 1 aliphatic rings. The molecule has 1 amide bonds. The molecule has 1 saturated carbocycles. The van der Waals surface area contributed by atoms with Crippen molar-refractivity contribution in [3.05, 3.63) is 71.8 Å². The molecule has 1 fully saturated rings. The molecule has 0 heterocycles. The van der Waals surface area contributed by atoms with Crippen molar-refractivity contribution in [3.8, 4) is 5.75 Å². The Bertz CT molecular complexity index is 1290. The molecule has 0 atom stereocenters. The van der Waals surface area contributed by atoms with E-state index in [2.05, 4.69) is 4.72 Å². The predicted octanol–water partition coefficient (Wildman–Crippen LogP) is 3.47. The second kappa shape index (κ2) is 7.70. The smallest absolute Gasteiger partial charge is 0.335 e. The SMILES string of the molecule is CCOc1ccc(C(=O)O)cc1C1(C(=O)NS(=O)(=O)c2cccc3ccccc23)CC1. The van der Waals surface area contributed by atoms with Crippen molar-refractivity contribution in [2.75, 3.05) is 6.61 Å². The molecule has 0 unspecified atom stereocenters. The van der Waals surface area contributed by atoms with Gasteiger partial charge < -0.3 is 9.84 Å². The molecule has 0 aliphatic heterocycles. The average Bonchev–Trinajstić information content (AvgIpc) is 3.55. The second-order valence-corrected chi connectivity index (χ2v) is 9.09. The summed E-state index contributed by atoms with van der Waals surface area (Å²) in [4.78, 5) is 24.7. The monoisotopic (exact) mass is 439 g/mol. The van der Waals surface area contributed by atoms with Gasteiger partial charge in [-0.3, -0.25) is 4.79 Å². The quantitative estimate of drug-likeness (QED) is 0.583. The van der Waals surface area contributed by atoms with E-state index in [1.54, 1.807) is 43.3 Å². The number of benzene rings is 3. The van der Waals surface area contributed by atoms with Crippen molar-refractivity contribution >= 4 is 32.7 Å². The number of sulfonamides is 1. The maximum absolute atomic E-state index is 13.2. The molecule has 0 spiro atoms. The minimum absolute atomic E-state index is 0.00874. The Morgan fingerprint density at radius 2 is 1.77 bits per heavy atom. The van der Waals surface area contributed by atoms with Crippen LogP contribution in [0.15, 0.2) is 65.6 Å². The van der Waals surface area contributed by atoms with Crippen LogP contribution in [-0.4, -0.2) is 32.0 Å². The number of ether oxygens (including phenoxy) is 1. The first-order chi connectivity index (χ1) is 14.8. The summed E-state index contributed by atoms with van der Waals surface area (Å²) in [6.07, 6.45) is 0.792. The third-order valence-electron chi connectivity index (χ3n) is 5.49. The van der Waals surface area contributed by atoms with E-state index in [1.807, 2.05) is 0 Å². The van der Waals surface area contributed by atoms with Gasteiger partial charge in [-0.15, -0.1) is 0 Å². The van der Waals surface area contributed by atoms with Gasteiger partial charge in [0, 0.05) is 10.9 Å². The number of fused-ring (bicyclic) bond motifs is 1. The van der Waals surface area contributed by atoms with Crippen LogP contribution in [0.5, 0.6) is 5.75 Å². The minimum Gasteiger partial charge on any atom is -0.494 e. The summed E-state index contributed by atoms with van der Waals surface area (Å²) in [7, 11) is -4.15. The van der Waals surface area contributed by atoms with Crippen molar-refractivity contribution in [2.24, 2.45) is 0 Å². The molecular weight excluding hydrogens is 418 g/mol. The van der Waals surface area contributed by atoms with Crippen LogP contribution in [0.1, 0.15) is 35.7 Å². The predicted molar refractivity (Wildman–Crippen MR) is 115 cm³/mol. The molecule has 0 aromatic heterocycles. The largest absolute Gasteiger partial charge is 0.494 e. The Morgan fingerprint density at radius 1 is 1.06 bits per heavy atom. The number of carboxylic acids is 1. The number of nitrogens with one attached hydrogen (secondary N) is 1. The summed E-state index contributed by atoms with van der Waals surface area (Å²) in [5.41, 5.74) is -0.748. The molecule has 0 radical (unpaired) electrons. The molecule has 1 aliphatic carbocycles. The maximum atomic E-state index is 13.2. The third kappa shape index (κ3) is 3.74. The van der Waals surface area contributed by atoms with Crippen molar-refractivity contribution < 1.29 is 27.9 Å². The van der Waals surface area contributed by atoms with E-state index in [0.29, 0.717) is 36.1 Å². The fraction of sp³-hybridized carbons (Fsp3) is 0.217. The summed E-state index contributed by atoms with van der Waals surface area (Å²) >= 11 is 0. The van der Waals surface area contributed by atoms with E-state index >= 15 is 0 Å². The van der Waals surface area contributed by atoms with E-state index in [4.69, 9.17) is 4.74 Å². The van der Waals surface area contributed by atoms with Crippen molar-refractivity contribution in [1.29, 1.82) is 0 Å². The van der Waals surface area contributed by atoms with Crippen LogP contribution in [0.4, 0.5) is 0 Å². The number of carbonyl (C=O) groups is 2. The molecule has 4 rings (SSSR count). The first kappa shape index (κ1) is 20.9. The zero-order valence-electron chi connectivity index (χ0n) is 16.8. The summed E-state index contributed by atoms with van der Waals surface area (Å²) in [5.74, 6) is -1.45. The number of carbonyl (C=O) groups excluding carboxylic acids is 1. The van der Waals surface area contributed by atoms with Gasteiger partial charge in [0.05, 0.1) is 22.5 Å². The fourth-order valence-corrected chi connectivity index (χ4v) is 5.05. The molecule has 160 valence electrons. The maximum Gasteiger partial charge on any atom is 0.335 e. The molecule has 7 nitrogen and oxygen atoms in total. The number of amides is 1. The molecule has 8 heteroatoms. The van der Waals surface area contributed by atoms with Gasteiger partial charge in [0.1, 0.15) is 5.75 Å². The normalized spacial score (nSPS) is 14.7. The van der Waals surface area contributed by atoms with Crippen molar-refractivity contribution in [1.82, 2.24) is 4.72 Å². The van der Waals surface area contributed by atoms with E-state index in [-0.39, 0.29) is 10.5 Å². The van der Waals surface area contributed by atoms with Crippen LogP contribution in [0, 0.1) is 0 Å². The summed E-state index contributed by atoms with van der Waals surface area (Å²) in [5, 5.41) is 10.6. The Balaban J connectivity index is 1.72. The van der Waals surface area contributed by atoms with Gasteiger partial charge >= 0.3 is 5.97 Å². The van der Waals surface area contributed by atoms with E-state index in [1.165, 1.54) is 24.3 Å². The lowest BCUT2D eigenvalue weighted by atomic mass is 9.92. The molecule has 31 heavy (non-hydrogen) atoms. The van der Waals surface area contributed by atoms with E-state index in [9.17, 15) is 23.1 Å². The number of hydrogen-bond acceptors (Lipinski definition) is 5. The minimum atomic E-state index is -4.15. The summed E-state index contributed by atoms with van der Waals surface area (Å²) < 4.78 is 34.0. The lowest BCUT2D eigenvalue weighted by Crippen LogP contribution is -2.39. The van der Waals surface area contributed by atoms with E-state index in [0.717, 1.165) is 5.39 Å². The van der Waals surface area contributed by atoms with Gasteiger partial charge in [0.25, 0.3) is 10.0 Å². The zero-order chi connectivity index (χ0) is 22.2. The van der Waals surface area contributed by atoms with Crippen LogP contribution in [0.2, 0.25) is 0 Å². The number of aromatic carboxylic acids is 1. The van der Waals surface area contributed by atoms with Gasteiger partial charge in [-0.2, -0.15) is 0 Å². The second-order valence-electron chi connectivity index (χ2n) is 7.44. The standard InChI is InChI=1S/C23H21NO6S/c1-2-30-19-11-10-16(21(25)26)14-18(19)23(12-13-23)22(27)24-31(28,29)20-9-5-7-15-6-3-4-8-17(15)20/h3-11,14H,2,12-13H2,1H3,(H,24,27)(H,25,26). The van der Waals surface area contributed by atoms with Crippen LogP contribution in [0.25, 0.3) is 10.8 Å². The Labute approximate surface area is 179 Å². The number of hydrogen-bond donors (Lipinski definition) is 2. The Morgan fingerprint density at radius 3 is 2.45 bits per heavy atom. The van der Waals surface area contributed by atoms with Gasteiger partial charge in [0.15, 0.2) is 0 Å². The van der Waals surface area contributed by atoms with Crippen LogP contribution < -0.4 is 9.46 Å². The molecular formula is C23H21NO6S. The lowest BCUT2D eigenvalue weighted by molar-refractivity contribution is -0.121. The topological polar surface area (TPSA) is 110 Å². The van der Waals surface area contributed by atoms with Crippen LogP contribution in [-0.2, 0) is 20.2 Å². The van der Waals surface area contributed by atoms with Gasteiger partial charge in [-0.1, -0.05) is 36.4 Å². The highest BCUT2D eigenvalue weighted by Crippen LogP contribution is 2.52. The summed E-state index contributed by atoms with van der Waals surface area (Å²) in [6, 6.07) is 16.2. The van der Waals surface area contributed by atoms with Gasteiger partial charge in [0.2, 0.25) is 5.91 Å².